The van der Waals surface area contributed by atoms with E-state index in [2.05, 4.69) is 23.8 Å². The summed E-state index contributed by atoms with van der Waals surface area (Å²) in [4.78, 5) is 7.68. The number of aromatic nitrogens is 2. The van der Waals surface area contributed by atoms with Crippen LogP contribution in [-0.4, -0.2) is 9.97 Å². The molecule has 1 heterocycles. The lowest BCUT2D eigenvalue weighted by atomic mass is 10.0. The highest BCUT2D eigenvalue weighted by Crippen LogP contribution is 2.20. The monoisotopic (exact) mass is 229 g/mol. The fourth-order valence-electron chi connectivity index (χ4n) is 1.90. The number of rotatable bonds is 4. The van der Waals surface area contributed by atoms with Gasteiger partial charge in [-0.15, -0.1) is 0 Å². The molecule has 3 N–H and O–H groups in total. The van der Waals surface area contributed by atoms with E-state index in [0.717, 1.165) is 23.5 Å². The molecule has 1 atom stereocenters. The number of benzene rings is 1. The molecule has 0 spiro atoms. The molecule has 3 heteroatoms. The van der Waals surface area contributed by atoms with E-state index in [1.807, 2.05) is 36.5 Å². The first-order chi connectivity index (χ1) is 8.16. The number of nitrogens with two attached hydrogens (primary N) is 1. The summed E-state index contributed by atoms with van der Waals surface area (Å²) in [7, 11) is 0. The van der Waals surface area contributed by atoms with Gasteiger partial charge in [0, 0.05) is 11.6 Å². The van der Waals surface area contributed by atoms with Crippen molar-refractivity contribution in [1.82, 2.24) is 9.97 Å². The smallest absolute Gasteiger partial charge is 0.137 e. The van der Waals surface area contributed by atoms with Gasteiger partial charge in [-0.05, 0) is 12.3 Å². The summed E-state index contributed by atoms with van der Waals surface area (Å²) in [5.41, 5.74) is 8.22. The first kappa shape index (κ1) is 11.9. The van der Waals surface area contributed by atoms with Crippen molar-refractivity contribution in [2.45, 2.75) is 26.3 Å². The van der Waals surface area contributed by atoms with E-state index in [-0.39, 0.29) is 6.04 Å². The maximum atomic E-state index is 6.12. The lowest BCUT2D eigenvalue weighted by Gasteiger charge is -2.11. The van der Waals surface area contributed by atoms with E-state index < -0.39 is 0 Å². The maximum Gasteiger partial charge on any atom is 0.137 e. The summed E-state index contributed by atoms with van der Waals surface area (Å²) in [5, 5.41) is 0. The zero-order valence-electron chi connectivity index (χ0n) is 10.4. The third-order valence-electron chi connectivity index (χ3n) is 2.77. The van der Waals surface area contributed by atoms with Crippen LogP contribution in [0.15, 0.2) is 36.5 Å². The second kappa shape index (κ2) is 5.15. The third-order valence-corrected chi connectivity index (χ3v) is 2.77. The zero-order valence-corrected chi connectivity index (χ0v) is 10.4. The average molecular weight is 229 g/mol. The summed E-state index contributed by atoms with van der Waals surface area (Å²) < 4.78 is 0. The van der Waals surface area contributed by atoms with Gasteiger partial charge in [0.2, 0.25) is 0 Å². The number of aromatic amines is 1. The van der Waals surface area contributed by atoms with Crippen LogP contribution in [0.4, 0.5) is 0 Å². The largest absolute Gasteiger partial charge is 0.341 e. The van der Waals surface area contributed by atoms with Crippen molar-refractivity contribution < 1.29 is 0 Å². The third kappa shape index (κ3) is 2.94. The molecule has 17 heavy (non-hydrogen) atoms. The summed E-state index contributed by atoms with van der Waals surface area (Å²) >= 11 is 0. The van der Waals surface area contributed by atoms with Crippen molar-refractivity contribution in [3.63, 3.8) is 0 Å². The van der Waals surface area contributed by atoms with E-state index in [9.17, 15) is 0 Å². The van der Waals surface area contributed by atoms with Crippen LogP contribution in [-0.2, 0) is 0 Å². The van der Waals surface area contributed by atoms with E-state index >= 15 is 0 Å². The summed E-state index contributed by atoms with van der Waals surface area (Å²) in [6.45, 7) is 4.35. The maximum absolute atomic E-state index is 6.12. The van der Waals surface area contributed by atoms with Gasteiger partial charge in [0.1, 0.15) is 5.82 Å². The Bertz CT molecular complexity index is 459. The highest BCUT2D eigenvalue weighted by atomic mass is 14.9. The van der Waals surface area contributed by atoms with Gasteiger partial charge >= 0.3 is 0 Å². The van der Waals surface area contributed by atoms with Crippen molar-refractivity contribution >= 4 is 0 Å². The number of H-pyrrole nitrogens is 1. The first-order valence-corrected chi connectivity index (χ1v) is 6.02. The van der Waals surface area contributed by atoms with Crippen LogP contribution in [0.1, 0.15) is 32.0 Å². The molecule has 90 valence electrons. The van der Waals surface area contributed by atoms with E-state index in [4.69, 9.17) is 5.73 Å². The summed E-state index contributed by atoms with van der Waals surface area (Å²) in [6, 6.07) is 10.1. The van der Waals surface area contributed by atoms with Crippen molar-refractivity contribution in [2.24, 2.45) is 11.7 Å². The first-order valence-electron chi connectivity index (χ1n) is 6.02. The van der Waals surface area contributed by atoms with Crippen LogP contribution >= 0.6 is 0 Å². The van der Waals surface area contributed by atoms with E-state index in [0.29, 0.717) is 5.92 Å². The minimum Gasteiger partial charge on any atom is -0.341 e. The standard InChI is InChI=1S/C14H19N3/c1-10(2)8-12(15)13-9-16-14(17-13)11-6-4-3-5-7-11/h3-7,9-10,12H,8,15H2,1-2H3,(H,16,17)/t12-/m0/s1. The Morgan fingerprint density at radius 3 is 2.59 bits per heavy atom. The fourth-order valence-corrected chi connectivity index (χ4v) is 1.90. The SMILES string of the molecule is CC(C)C[C@H](N)c1cnc(-c2ccccc2)[nH]1. The molecular formula is C14H19N3. The second-order valence-corrected chi connectivity index (χ2v) is 4.79. The molecule has 0 unspecified atom stereocenters. The molecule has 0 fully saturated rings. The van der Waals surface area contributed by atoms with Crippen molar-refractivity contribution in [1.29, 1.82) is 0 Å². The molecule has 0 aliphatic rings. The van der Waals surface area contributed by atoms with Gasteiger partial charge in [-0.25, -0.2) is 4.98 Å². The highest BCUT2D eigenvalue weighted by Gasteiger charge is 2.11. The highest BCUT2D eigenvalue weighted by molar-refractivity contribution is 5.54. The molecule has 0 aliphatic heterocycles. The molecule has 3 nitrogen and oxygen atoms in total. The van der Waals surface area contributed by atoms with Gasteiger partial charge in [0.15, 0.2) is 0 Å². The molecule has 2 aromatic rings. The van der Waals surface area contributed by atoms with Crippen molar-refractivity contribution in [3.05, 3.63) is 42.2 Å². The number of nitrogens with one attached hydrogen (secondary N) is 1. The zero-order chi connectivity index (χ0) is 12.3. The molecule has 0 amide bonds. The van der Waals surface area contributed by atoms with Crippen LogP contribution in [0.5, 0.6) is 0 Å². The number of hydrogen-bond donors (Lipinski definition) is 2. The molecular weight excluding hydrogens is 210 g/mol. The predicted molar refractivity (Wildman–Crippen MR) is 70.4 cm³/mol. The Kier molecular flexibility index (Phi) is 3.59. The van der Waals surface area contributed by atoms with Gasteiger partial charge in [-0.2, -0.15) is 0 Å². The normalized spacial score (nSPS) is 12.9. The van der Waals surface area contributed by atoms with Gasteiger partial charge in [0.25, 0.3) is 0 Å². The average Bonchev–Trinajstić information content (AvgIpc) is 2.78. The van der Waals surface area contributed by atoms with Crippen LogP contribution in [0.25, 0.3) is 11.4 Å². The molecule has 0 bridgehead atoms. The molecule has 1 aromatic heterocycles. The molecule has 1 aromatic carbocycles. The second-order valence-electron chi connectivity index (χ2n) is 4.79. The Hall–Kier alpha value is -1.61. The topological polar surface area (TPSA) is 54.7 Å². The minimum atomic E-state index is 0.0416. The van der Waals surface area contributed by atoms with Crippen molar-refractivity contribution in [2.75, 3.05) is 0 Å². The van der Waals surface area contributed by atoms with Gasteiger partial charge < -0.3 is 10.7 Å². The Balaban J connectivity index is 2.16. The number of imidazole rings is 1. The minimum absolute atomic E-state index is 0.0416. The van der Waals surface area contributed by atoms with Gasteiger partial charge in [0.05, 0.1) is 11.9 Å². The van der Waals surface area contributed by atoms with E-state index in [1.54, 1.807) is 0 Å². The van der Waals surface area contributed by atoms with Crippen LogP contribution in [0.2, 0.25) is 0 Å². The lowest BCUT2D eigenvalue weighted by molar-refractivity contribution is 0.503. The molecule has 2 rings (SSSR count). The van der Waals surface area contributed by atoms with Crippen molar-refractivity contribution in [3.8, 4) is 11.4 Å². The molecule has 0 saturated heterocycles. The van der Waals surface area contributed by atoms with Gasteiger partial charge in [-0.1, -0.05) is 44.2 Å². The Morgan fingerprint density at radius 1 is 1.24 bits per heavy atom. The molecule has 0 radical (unpaired) electrons. The fraction of sp³-hybridized carbons (Fsp3) is 0.357. The predicted octanol–water partition coefficient (Wildman–Crippen LogP) is 3.12. The summed E-state index contributed by atoms with van der Waals surface area (Å²) in [6.07, 6.45) is 2.81. The molecule has 0 saturated carbocycles. The van der Waals surface area contributed by atoms with Gasteiger partial charge in [-0.3, -0.25) is 0 Å². The van der Waals surface area contributed by atoms with Crippen LogP contribution in [0.3, 0.4) is 0 Å². The van der Waals surface area contributed by atoms with E-state index in [1.165, 1.54) is 0 Å². The summed E-state index contributed by atoms with van der Waals surface area (Å²) in [5.74, 6) is 1.48. The quantitative estimate of drug-likeness (QED) is 0.846. The number of nitrogens with zero attached hydrogens (tertiary/aromatic N) is 1. The molecule has 0 aliphatic carbocycles. The number of hydrogen-bond acceptors (Lipinski definition) is 2. The Labute approximate surface area is 102 Å². The lowest BCUT2D eigenvalue weighted by Crippen LogP contribution is -2.13. The van der Waals surface area contributed by atoms with Crippen LogP contribution < -0.4 is 5.73 Å². The Morgan fingerprint density at radius 2 is 1.94 bits per heavy atom. The van der Waals surface area contributed by atoms with Crippen LogP contribution in [0, 0.1) is 5.92 Å².